The number of hydrogen-bond acceptors (Lipinski definition) is 8. The lowest BCUT2D eigenvalue weighted by Crippen LogP contribution is -2.53. The molecule has 4 unspecified atom stereocenters. The lowest BCUT2D eigenvalue weighted by atomic mass is 10.3. The molecule has 4 aliphatic rings. The third kappa shape index (κ3) is 66.6. The van der Waals surface area contributed by atoms with Crippen LogP contribution in [0.3, 0.4) is 0 Å². The van der Waals surface area contributed by atoms with Crippen molar-refractivity contribution in [3.8, 4) is 534 Å². The summed E-state index contributed by atoms with van der Waals surface area (Å²) in [6.07, 6.45) is 15.9. The van der Waals surface area contributed by atoms with Crippen molar-refractivity contribution in [1.29, 1.82) is 0 Å². The number of terminal acetylenes is 3. The molecule has 4 aliphatic heterocycles. The zero-order chi connectivity index (χ0) is 103. The van der Waals surface area contributed by atoms with Crippen molar-refractivity contribution in [2.45, 2.75) is 48.0 Å². The number of quaternary nitrogens is 4. The molecule has 4 heterocycles. The summed E-state index contributed by atoms with van der Waals surface area (Å²) in [5.74, 6) is 218. The molecule has 0 saturated heterocycles. The Morgan fingerprint density at radius 2 is 0.390 bits per heavy atom. The van der Waals surface area contributed by atoms with Crippen LogP contribution in [0.2, 0.25) is 0 Å². The first-order chi connectivity index (χ1) is 68.9. The molecule has 4 N–H and O–H groups in total. The van der Waals surface area contributed by atoms with E-state index in [2.05, 4.69) is 591 Å². The number of nitrogens with one attached hydrogen (secondary N) is 4. The van der Waals surface area contributed by atoms with Gasteiger partial charge in [0.05, 0.1) is 80.0 Å². The Morgan fingerprint density at radius 3 is 0.539 bits per heavy atom. The minimum atomic E-state index is -0.382. The number of amidine groups is 4. The molecule has 0 aromatic heterocycles. The lowest BCUT2D eigenvalue weighted by Gasteiger charge is -2.33. The van der Waals surface area contributed by atoms with E-state index in [1.54, 1.807) is 6.92 Å². The van der Waals surface area contributed by atoms with Gasteiger partial charge in [-0.3, -0.25) is 37.1 Å². The number of carbonyl (C=O) groups excluding carboxylic acids is 4. The molecule has 16 heteroatoms. The van der Waals surface area contributed by atoms with Crippen LogP contribution in [0.15, 0.2) is 20.0 Å². The molecular weight excluding hydrogens is 1730 g/mol. The minimum absolute atomic E-state index is 0. The van der Waals surface area contributed by atoms with Gasteiger partial charge >= 0.3 is 0 Å². The summed E-state index contributed by atoms with van der Waals surface area (Å²) in [7, 11) is 6.30. The van der Waals surface area contributed by atoms with Crippen molar-refractivity contribution in [2.75, 3.05) is 132 Å². The van der Waals surface area contributed by atoms with Crippen LogP contribution in [0.4, 0.5) is 0 Å². The van der Waals surface area contributed by atoms with E-state index in [1.807, 2.05) is 20.8 Å². The second-order valence-corrected chi connectivity index (χ2v) is 25.6. The highest BCUT2D eigenvalue weighted by molar-refractivity contribution is 5.95. The van der Waals surface area contributed by atoms with E-state index in [0.29, 0.717) is 26.2 Å². The molecule has 141 heavy (non-hydrogen) atoms. The number of hydrogen-bond donors (Lipinski definition) is 4. The summed E-state index contributed by atoms with van der Waals surface area (Å²) >= 11 is 0. The standard InChI is InChI=1S/C33H17N3O.C32H15N3O.C30H15N3O.C30H19N3O.87H2/c1-4-5-6-7-8-9-10-11-12-13-14-15-16-17-18-19-20-21-22-23-24-25-26-27-33(37)35-29-31-36(3)30-28-34-32(36)2;1-4-5-6-7-8-9-10-11-12-13-14-15-16-17-18-19-20-21-22-23-24-25-26-32(36)34-28-30-35(3)29-27-33-31(35)2;1-4-5-6-7-8-9-10-11-12-13-14-15-16-17-18-19-20-21-22-23-24-30(34)32-26-28-33(3)27-25-31-29(33)2;1-4-6-7-8-9-10-11-12-13-14-15-16-17-18-19-20-21-22-23-30(34)32-25-28-33(26-5-2)27-24-31-29(33)3;;;;;;;;;;;;;;;;;;;;;;;;;;;;;;;;;;;;;;;;;;;;;;;;;;;;;;;;;;;;;;;;;;;;;;;;;;;;;;;;;;;;;;;/h28-31H2,1-3H3;1H,27-30H2,2-3H3;1H,25-28H2,2-3H3;1H,5,24-28H2,2-3H3;87*1H/p+4. The van der Waals surface area contributed by atoms with Gasteiger partial charge in [-0.25, -0.2) is 20.0 Å². The maximum atomic E-state index is 11.8. The van der Waals surface area contributed by atoms with Gasteiger partial charge in [-0.05, 0) is 392 Å². The molecule has 824 valence electrons. The number of likely N-dealkylation sites (N-methyl/N-ethyl adjacent to an activating group) is 3. The van der Waals surface area contributed by atoms with Gasteiger partial charge in [-0.15, -0.1) is 19.3 Å². The van der Waals surface area contributed by atoms with Gasteiger partial charge in [0, 0.05) is 282 Å². The van der Waals surface area contributed by atoms with Gasteiger partial charge in [0.15, 0.2) is 23.3 Å². The van der Waals surface area contributed by atoms with Gasteiger partial charge in [0.1, 0.15) is 52.4 Å². The molecule has 4 rings (SSSR count). The van der Waals surface area contributed by atoms with E-state index >= 15 is 0 Å². The zero-order valence-corrected chi connectivity index (χ0v) is 78.2. The van der Waals surface area contributed by atoms with E-state index in [1.165, 1.54) is 0 Å². The maximum Gasteiger partial charge on any atom is 0.297 e. The van der Waals surface area contributed by atoms with Gasteiger partial charge in [-0.2, -0.15) is 0 Å². The Morgan fingerprint density at radius 1 is 0.234 bits per heavy atom. The van der Waals surface area contributed by atoms with Crippen molar-refractivity contribution in [3.63, 3.8) is 0 Å². The third-order valence-corrected chi connectivity index (χ3v) is 16.6. The van der Waals surface area contributed by atoms with Crippen LogP contribution in [0, 0.1) is 534 Å². The SMILES string of the molecule is C#CC#CC#CC#CC#CC#CC#CC#CC#CC#CC#CC#CC(=O)NCC[N+]1(C)CCN=C1C.C#CC#CC#CC#CC#CC#CC#CC#CC#CC#CC#CC(=O)NCC[N+]1(C)CCN=C1C.C#CC#CC#CC#CC#CC#CC#CC#CC#CC#CC(=O)NCC[N+]1(CCC)CCN=C1C.CC#CC#CC#CC#CC#CC#CC#CC#CC#CC#CC#CC#CC(=O)NCC[N+]1(C)CCN=C1C.[HH].[HH].[HH].[HH].[HH].[HH].[HH].[HH].[HH].[HH].[HH].[HH].[HH].[HH].[HH].[HH].[HH].[HH].[HH].[HH].[HH].[HH].[HH].[HH].[HH].[HH].[HH].[HH].[HH].[HH].[HH].[HH].[HH].[HH].[HH].[HH].[HH].[HH].[HH].[HH].[HH].[HH].[HH].[HH].[HH].[HH].[HH].[HH].[HH].[HH].[HH].[HH].[HH].[HH].[HH].[HH].[HH].[HH].[HH].[HH].[HH].[HH].[HH].[HH].[HH].[HH].[HH].[HH].[HH].[HH].[HH].[HH].[HH].[HH].[HH].[HH].[HH].[HH].[HH].[HH].[HH].[HH].[HH].[HH].[HH].[HH].[HH]. The number of nitrogens with zero attached hydrogens (tertiary/aromatic N) is 8. The summed E-state index contributed by atoms with van der Waals surface area (Å²) < 4.78 is 3.06. The van der Waals surface area contributed by atoms with E-state index in [0.717, 1.165) is 133 Å². The van der Waals surface area contributed by atoms with Gasteiger partial charge in [-0.1, -0.05) is 12.8 Å². The summed E-state index contributed by atoms with van der Waals surface area (Å²) in [5.41, 5.74) is 0. The third-order valence-electron chi connectivity index (χ3n) is 16.6. The summed E-state index contributed by atoms with van der Waals surface area (Å²) in [4.78, 5) is 64.6. The van der Waals surface area contributed by atoms with Crippen molar-refractivity contribution in [2.24, 2.45) is 20.0 Å². The monoisotopic (exact) mass is 1980 g/mol. The predicted molar refractivity (Wildman–Crippen MR) is 740 cm³/mol. The molecule has 4 amide bonds. The summed E-state index contributed by atoms with van der Waals surface area (Å²) in [6, 6.07) is 0. The van der Waals surface area contributed by atoms with E-state index in [-0.39, 0.29) is 148 Å². The molecule has 0 aliphatic carbocycles. The zero-order valence-electron chi connectivity index (χ0n) is 78.2. The maximum absolute atomic E-state index is 11.8. The van der Waals surface area contributed by atoms with Gasteiger partial charge in [0.25, 0.3) is 23.6 Å². The van der Waals surface area contributed by atoms with Crippen LogP contribution in [0.5, 0.6) is 0 Å². The minimum Gasteiger partial charge on any atom is -0.340 e. The normalized spacial score (nSPS) is 12.6. The fourth-order valence-electron chi connectivity index (χ4n) is 9.47. The topological polar surface area (TPSA) is 166 Å². The molecule has 0 saturated carbocycles. The second kappa shape index (κ2) is 82.3. The second-order valence-electron chi connectivity index (χ2n) is 25.6. The van der Waals surface area contributed by atoms with Crippen molar-refractivity contribution in [3.05, 3.63) is 0 Å². The van der Waals surface area contributed by atoms with Crippen molar-refractivity contribution >= 4 is 47.0 Å². The highest BCUT2D eigenvalue weighted by Gasteiger charge is 2.35. The molecule has 0 fully saturated rings. The molecule has 0 radical (unpaired) electrons. The quantitative estimate of drug-likeness (QED) is 0.100. The Hall–Kier alpha value is -23.4. The molecule has 0 aromatic carbocycles. The largest absolute Gasteiger partial charge is 0.340 e. The molecule has 0 aromatic rings. The highest BCUT2D eigenvalue weighted by atomic mass is 16.2. The Kier molecular flexibility index (Phi) is 67.5. The number of carbonyl (C=O) groups is 4. The Balaban J connectivity index is -0.0000000121. The highest BCUT2D eigenvalue weighted by Crippen LogP contribution is 2.16. The van der Waals surface area contributed by atoms with Crippen LogP contribution in [-0.4, -0.2) is 197 Å². The summed E-state index contributed by atoms with van der Waals surface area (Å²) in [5, 5.41) is 11.1. The van der Waals surface area contributed by atoms with E-state index < -0.39 is 0 Å². The Bertz CT molecular complexity index is 8560. The van der Waals surface area contributed by atoms with Crippen LogP contribution in [0.1, 0.15) is 172 Å². The fourth-order valence-corrected chi connectivity index (χ4v) is 9.47. The first-order valence-electron chi connectivity index (χ1n) is 40.8. The first-order valence-corrected chi connectivity index (χ1v) is 40.8. The molecular formula is C125H244N12O4+4. The van der Waals surface area contributed by atoms with E-state index in [4.69, 9.17) is 19.3 Å². The first kappa shape index (κ1) is 116. The van der Waals surface area contributed by atoms with Crippen LogP contribution < -0.4 is 21.3 Å². The average molecular weight is 1980 g/mol. The average Bonchev–Trinajstić information content (AvgIpc) is 1.68. The number of aliphatic imine (C=N–C) groups is 4. The fraction of sp³-hybridized carbons (Fsp3) is 0.216. The predicted octanol–water partition coefficient (Wildman–Crippen LogP) is 21.2. The summed E-state index contributed by atoms with van der Waals surface area (Å²) in [6.45, 7) is 25.3. The van der Waals surface area contributed by atoms with Crippen LogP contribution in [-0.2, 0) is 19.2 Å². The van der Waals surface area contributed by atoms with Crippen LogP contribution >= 0.6 is 0 Å². The van der Waals surface area contributed by atoms with Gasteiger partial charge < -0.3 is 21.3 Å². The number of rotatable bonds is 14. The van der Waals surface area contributed by atoms with Crippen molar-refractivity contribution < 1.29 is 161 Å². The lowest BCUT2D eigenvalue weighted by molar-refractivity contribution is -0.834. The smallest absolute Gasteiger partial charge is 0.297 e. The molecule has 4 atom stereocenters. The molecule has 0 bridgehead atoms. The van der Waals surface area contributed by atoms with Gasteiger partial charge in [0.2, 0.25) is 0 Å². The molecule has 16 nitrogen and oxygen atoms in total. The van der Waals surface area contributed by atoms with Crippen molar-refractivity contribution in [1.82, 2.24) is 21.3 Å². The molecule has 0 spiro atoms. The number of amides is 4. The van der Waals surface area contributed by atoms with Crippen LogP contribution in [0.25, 0.3) is 0 Å². The Labute approximate surface area is 963 Å². The van der Waals surface area contributed by atoms with E-state index in [9.17, 15) is 19.2 Å².